The molecule has 2 saturated heterocycles. The second-order valence-electron chi connectivity index (χ2n) is 3.77. The molecule has 4 heteroatoms. The second-order valence-corrected chi connectivity index (χ2v) is 11.3. The van der Waals surface area contributed by atoms with E-state index in [4.69, 9.17) is 0 Å². The van der Waals surface area contributed by atoms with Crippen LogP contribution in [-0.4, -0.2) is 51.9 Å². The minimum absolute atomic E-state index is 0.994. The molecule has 0 nitrogen and oxygen atoms in total. The Morgan fingerprint density at radius 2 is 1.29 bits per heavy atom. The SMILES string of the molecule is C(CC[Se]CC1CS1)C[Se]CC1CS1. The molecule has 0 bridgehead atoms. The van der Waals surface area contributed by atoms with Crippen molar-refractivity contribution in [1.82, 2.24) is 0 Å². The van der Waals surface area contributed by atoms with E-state index in [2.05, 4.69) is 23.5 Å². The summed E-state index contributed by atoms with van der Waals surface area (Å²) in [7, 11) is 0. The molecule has 0 aromatic carbocycles. The monoisotopic (exact) mass is 362 g/mol. The fourth-order valence-corrected chi connectivity index (χ4v) is 8.76. The summed E-state index contributed by atoms with van der Waals surface area (Å²) in [5.74, 6) is 2.95. The van der Waals surface area contributed by atoms with Gasteiger partial charge in [0.25, 0.3) is 0 Å². The molecule has 2 atom stereocenters. The molecule has 14 heavy (non-hydrogen) atoms. The zero-order chi connectivity index (χ0) is 9.64. The van der Waals surface area contributed by atoms with Crippen molar-refractivity contribution in [2.45, 2.75) is 44.6 Å². The van der Waals surface area contributed by atoms with Gasteiger partial charge in [-0.05, 0) is 0 Å². The first kappa shape index (κ1) is 12.2. The van der Waals surface area contributed by atoms with Crippen LogP contribution < -0.4 is 0 Å². The summed E-state index contributed by atoms with van der Waals surface area (Å²) in [6.07, 6.45) is 3.08. The van der Waals surface area contributed by atoms with Gasteiger partial charge in [-0.2, -0.15) is 0 Å². The molecule has 0 aromatic heterocycles. The van der Waals surface area contributed by atoms with Crippen molar-refractivity contribution >= 4 is 53.4 Å². The van der Waals surface area contributed by atoms with E-state index in [1.807, 2.05) is 0 Å². The summed E-state index contributed by atoms with van der Waals surface area (Å²) >= 11 is 6.32. The summed E-state index contributed by atoms with van der Waals surface area (Å²) in [5.41, 5.74) is 0. The number of hydrogen-bond acceptors (Lipinski definition) is 2. The Kier molecular flexibility index (Phi) is 6.22. The first-order chi connectivity index (χ1) is 6.95. The third kappa shape index (κ3) is 6.35. The number of thioether (sulfide) groups is 2. The Labute approximate surface area is 109 Å². The van der Waals surface area contributed by atoms with Crippen LogP contribution in [0.15, 0.2) is 0 Å². The molecule has 2 aliphatic heterocycles. The molecular weight excluding hydrogens is 342 g/mol. The van der Waals surface area contributed by atoms with Crippen LogP contribution in [0.2, 0.25) is 21.3 Å². The van der Waals surface area contributed by atoms with Crippen LogP contribution in [0.5, 0.6) is 0 Å². The molecule has 0 aliphatic carbocycles. The van der Waals surface area contributed by atoms with Crippen LogP contribution in [-0.2, 0) is 0 Å². The fraction of sp³-hybridized carbons (Fsp3) is 1.00. The van der Waals surface area contributed by atoms with Gasteiger partial charge in [0.05, 0.1) is 0 Å². The van der Waals surface area contributed by atoms with Crippen LogP contribution in [0.3, 0.4) is 0 Å². The quantitative estimate of drug-likeness (QED) is 0.352. The molecular formula is C10H18S2Se2. The van der Waals surface area contributed by atoms with Gasteiger partial charge in [0, 0.05) is 0 Å². The molecule has 2 rings (SSSR count). The molecule has 0 N–H and O–H groups in total. The van der Waals surface area contributed by atoms with Crippen LogP contribution in [0.4, 0.5) is 0 Å². The first-order valence-electron chi connectivity index (χ1n) is 5.34. The Bertz CT molecular complexity index is 140. The first-order valence-corrected chi connectivity index (χ1v) is 12.3. The molecule has 2 unspecified atom stereocenters. The Morgan fingerprint density at radius 3 is 1.64 bits per heavy atom. The molecule has 2 aliphatic rings. The third-order valence-electron chi connectivity index (χ3n) is 2.24. The Balaban J connectivity index is 1.25. The van der Waals surface area contributed by atoms with Crippen molar-refractivity contribution in [2.75, 3.05) is 11.5 Å². The summed E-state index contributed by atoms with van der Waals surface area (Å²) in [6, 6.07) is 0. The van der Waals surface area contributed by atoms with E-state index in [0.29, 0.717) is 0 Å². The summed E-state index contributed by atoms with van der Waals surface area (Å²) in [4.78, 5) is 0. The van der Waals surface area contributed by atoms with E-state index in [9.17, 15) is 0 Å². The fourth-order valence-electron chi connectivity index (χ4n) is 1.17. The van der Waals surface area contributed by atoms with Crippen LogP contribution in [0.25, 0.3) is 0 Å². The van der Waals surface area contributed by atoms with Crippen molar-refractivity contribution in [3.8, 4) is 0 Å². The number of rotatable bonds is 9. The van der Waals surface area contributed by atoms with Gasteiger partial charge in [-0.25, -0.2) is 0 Å². The molecule has 82 valence electrons. The average molecular weight is 360 g/mol. The zero-order valence-electron chi connectivity index (χ0n) is 8.44. The van der Waals surface area contributed by atoms with Gasteiger partial charge in [0.1, 0.15) is 0 Å². The minimum atomic E-state index is 0.994. The Hall–Kier alpha value is 1.74. The maximum atomic E-state index is 2.17. The maximum absolute atomic E-state index is 2.17. The third-order valence-corrected chi connectivity index (χ3v) is 10.2. The van der Waals surface area contributed by atoms with Crippen LogP contribution in [0, 0.1) is 0 Å². The number of unbranched alkanes of at least 4 members (excludes halogenated alkanes) is 1. The standard InChI is InChI=1S/C10H18S2Se2/c1(3-13-7-9-5-11-9)2-4-14-8-10-6-12-10/h9-10H,1-8H2. The van der Waals surface area contributed by atoms with Gasteiger partial charge in [0.15, 0.2) is 0 Å². The van der Waals surface area contributed by atoms with Crippen LogP contribution in [0.1, 0.15) is 12.8 Å². The van der Waals surface area contributed by atoms with Gasteiger partial charge >= 0.3 is 110 Å². The van der Waals surface area contributed by atoms with Gasteiger partial charge in [-0.3, -0.25) is 0 Å². The predicted octanol–water partition coefficient (Wildman–Crippen LogP) is 3.08. The van der Waals surface area contributed by atoms with Crippen molar-refractivity contribution in [1.29, 1.82) is 0 Å². The van der Waals surface area contributed by atoms with Crippen molar-refractivity contribution < 1.29 is 0 Å². The van der Waals surface area contributed by atoms with Gasteiger partial charge in [0.2, 0.25) is 0 Å². The molecule has 0 aromatic rings. The van der Waals surface area contributed by atoms with E-state index in [1.165, 1.54) is 24.3 Å². The molecule has 0 radical (unpaired) electrons. The van der Waals surface area contributed by atoms with E-state index < -0.39 is 0 Å². The molecule has 2 heterocycles. The molecule has 0 spiro atoms. The van der Waals surface area contributed by atoms with Gasteiger partial charge in [-0.1, -0.05) is 0 Å². The molecule has 0 saturated carbocycles. The molecule has 0 amide bonds. The Morgan fingerprint density at radius 1 is 0.857 bits per heavy atom. The van der Waals surface area contributed by atoms with E-state index >= 15 is 0 Å². The van der Waals surface area contributed by atoms with E-state index in [0.717, 1.165) is 40.4 Å². The van der Waals surface area contributed by atoms with Gasteiger partial charge < -0.3 is 0 Å². The predicted molar refractivity (Wildman–Crippen MR) is 72.5 cm³/mol. The average Bonchev–Trinajstić information content (AvgIpc) is 3.00. The van der Waals surface area contributed by atoms with Crippen molar-refractivity contribution in [2.24, 2.45) is 0 Å². The van der Waals surface area contributed by atoms with E-state index in [1.54, 1.807) is 21.3 Å². The summed E-state index contributed by atoms with van der Waals surface area (Å²) in [6.45, 7) is 0. The summed E-state index contributed by atoms with van der Waals surface area (Å²) in [5, 5.41) is 8.48. The topological polar surface area (TPSA) is 0 Å². The summed E-state index contributed by atoms with van der Waals surface area (Å²) < 4.78 is 0. The van der Waals surface area contributed by atoms with E-state index in [-0.39, 0.29) is 0 Å². The normalized spacial score (nSPS) is 29.1. The molecule has 2 fully saturated rings. The van der Waals surface area contributed by atoms with Crippen LogP contribution >= 0.6 is 23.5 Å². The zero-order valence-corrected chi connectivity index (χ0v) is 13.5. The van der Waals surface area contributed by atoms with Crippen molar-refractivity contribution in [3.05, 3.63) is 0 Å². The second kappa shape index (κ2) is 7.14. The van der Waals surface area contributed by atoms with Crippen molar-refractivity contribution in [3.63, 3.8) is 0 Å². The van der Waals surface area contributed by atoms with Gasteiger partial charge in [-0.15, -0.1) is 0 Å². The number of hydrogen-bond donors (Lipinski definition) is 0.